The van der Waals surface area contributed by atoms with Crippen LogP contribution in [0.15, 0.2) is 28.7 Å². The Morgan fingerprint density at radius 2 is 2.31 bits per heavy atom. The van der Waals surface area contributed by atoms with Crippen LogP contribution < -0.4 is 10.5 Å². The van der Waals surface area contributed by atoms with Crippen molar-refractivity contribution in [3.63, 3.8) is 0 Å². The Bertz CT molecular complexity index is 478. The average Bonchev–Trinajstić information content (AvgIpc) is 2.66. The van der Waals surface area contributed by atoms with Crippen LogP contribution in [0, 0.1) is 6.92 Å². The Labute approximate surface area is 93.6 Å². The van der Waals surface area contributed by atoms with Gasteiger partial charge in [-0.3, -0.25) is 0 Å². The zero-order chi connectivity index (χ0) is 11.5. The van der Waals surface area contributed by atoms with Gasteiger partial charge in [0, 0.05) is 6.54 Å². The lowest BCUT2D eigenvalue weighted by molar-refractivity contribution is 0.115. The van der Waals surface area contributed by atoms with Crippen LogP contribution in [-0.2, 0) is 0 Å². The second kappa shape index (κ2) is 4.55. The smallest absolute Gasteiger partial charge is 0.137 e. The molecule has 1 aromatic carbocycles. The third-order valence-electron chi connectivity index (χ3n) is 2.35. The second-order valence-electron chi connectivity index (χ2n) is 3.73. The van der Waals surface area contributed by atoms with E-state index in [2.05, 4.69) is 0 Å². The lowest BCUT2D eigenvalue weighted by Crippen LogP contribution is -2.26. The van der Waals surface area contributed by atoms with Crippen molar-refractivity contribution in [2.45, 2.75) is 13.0 Å². The number of furan rings is 1. The molecule has 3 N–H and O–H groups in total. The summed E-state index contributed by atoms with van der Waals surface area (Å²) in [6, 6.07) is 7.50. The largest absolute Gasteiger partial charge is 0.490 e. The van der Waals surface area contributed by atoms with Gasteiger partial charge in [-0.2, -0.15) is 0 Å². The van der Waals surface area contributed by atoms with Gasteiger partial charge in [-0.05, 0) is 25.1 Å². The topological polar surface area (TPSA) is 68.6 Å². The average molecular weight is 221 g/mol. The molecule has 16 heavy (non-hydrogen) atoms. The minimum Gasteiger partial charge on any atom is -0.490 e. The molecule has 1 aromatic heterocycles. The molecule has 0 amide bonds. The first-order valence-electron chi connectivity index (χ1n) is 5.21. The van der Waals surface area contributed by atoms with Crippen molar-refractivity contribution >= 4 is 11.0 Å². The molecule has 2 aromatic rings. The van der Waals surface area contributed by atoms with Crippen LogP contribution in [0.4, 0.5) is 0 Å². The lowest BCUT2D eigenvalue weighted by atomic mass is 10.2. The molecule has 0 saturated carbocycles. The molecule has 0 fully saturated rings. The number of fused-ring (bicyclic) bond motifs is 1. The van der Waals surface area contributed by atoms with E-state index in [1.807, 2.05) is 31.2 Å². The Morgan fingerprint density at radius 1 is 1.50 bits per heavy atom. The van der Waals surface area contributed by atoms with Gasteiger partial charge in [0.15, 0.2) is 0 Å². The molecule has 0 saturated heterocycles. The molecule has 0 aliphatic rings. The molecule has 86 valence electrons. The number of hydrogen-bond acceptors (Lipinski definition) is 4. The van der Waals surface area contributed by atoms with E-state index >= 15 is 0 Å². The van der Waals surface area contributed by atoms with Crippen LogP contribution in [0.2, 0.25) is 0 Å². The summed E-state index contributed by atoms with van der Waals surface area (Å²) in [7, 11) is 0. The monoisotopic (exact) mass is 221 g/mol. The number of aliphatic hydroxyl groups is 1. The van der Waals surface area contributed by atoms with Gasteiger partial charge in [0.1, 0.15) is 29.8 Å². The van der Waals surface area contributed by atoms with Crippen LogP contribution in [-0.4, -0.2) is 24.4 Å². The zero-order valence-corrected chi connectivity index (χ0v) is 9.14. The third-order valence-corrected chi connectivity index (χ3v) is 2.35. The Morgan fingerprint density at radius 3 is 3.06 bits per heavy atom. The SMILES string of the molecule is Cc1cc2c(OCC(O)CN)cccc2o1. The Kier molecular flexibility index (Phi) is 3.12. The highest BCUT2D eigenvalue weighted by molar-refractivity contribution is 5.84. The molecule has 0 aliphatic carbocycles. The molecule has 1 unspecified atom stereocenters. The summed E-state index contributed by atoms with van der Waals surface area (Å²) < 4.78 is 11.0. The number of aliphatic hydroxyl groups excluding tert-OH is 1. The maximum atomic E-state index is 9.32. The molecule has 0 bridgehead atoms. The number of rotatable bonds is 4. The van der Waals surface area contributed by atoms with Crippen molar-refractivity contribution in [1.29, 1.82) is 0 Å². The van der Waals surface area contributed by atoms with Gasteiger partial charge in [-0.1, -0.05) is 6.07 Å². The molecule has 1 atom stereocenters. The van der Waals surface area contributed by atoms with Crippen molar-refractivity contribution in [3.8, 4) is 5.75 Å². The summed E-state index contributed by atoms with van der Waals surface area (Å²) in [6.07, 6.45) is -0.636. The quantitative estimate of drug-likeness (QED) is 0.819. The van der Waals surface area contributed by atoms with Gasteiger partial charge >= 0.3 is 0 Å². The van der Waals surface area contributed by atoms with E-state index in [1.54, 1.807) is 0 Å². The first kappa shape index (κ1) is 11.0. The number of benzene rings is 1. The van der Waals surface area contributed by atoms with Gasteiger partial charge in [0.25, 0.3) is 0 Å². The van der Waals surface area contributed by atoms with E-state index in [1.165, 1.54) is 0 Å². The second-order valence-corrected chi connectivity index (χ2v) is 3.73. The highest BCUT2D eigenvalue weighted by Crippen LogP contribution is 2.28. The standard InChI is InChI=1S/C12H15NO3/c1-8-5-10-11(15-7-9(14)6-13)3-2-4-12(10)16-8/h2-5,9,14H,6-7,13H2,1H3. The van der Waals surface area contributed by atoms with E-state index in [0.717, 1.165) is 16.7 Å². The van der Waals surface area contributed by atoms with Crippen molar-refractivity contribution in [2.24, 2.45) is 5.73 Å². The van der Waals surface area contributed by atoms with E-state index in [4.69, 9.17) is 14.9 Å². The molecule has 4 heteroatoms. The number of hydrogen-bond donors (Lipinski definition) is 2. The minimum absolute atomic E-state index is 0.194. The van der Waals surface area contributed by atoms with Gasteiger partial charge in [-0.25, -0.2) is 0 Å². The normalized spacial score (nSPS) is 12.9. The van der Waals surface area contributed by atoms with Crippen LogP contribution in [0.3, 0.4) is 0 Å². The molecule has 1 heterocycles. The van der Waals surface area contributed by atoms with E-state index in [0.29, 0.717) is 5.75 Å². The summed E-state index contributed by atoms with van der Waals surface area (Å²) in [5.74, 6) is 1.55. The molecule has 0 radical (unpaired) electrons. The summed E-state index contributed by atoms with van der Waals surface area (Å²) >= 11 is 0. The maximum absolute atomic E-state index is 9.32. The molecular weight excluding hydrogens is 206 g/mol. The predicted molar refractivity (Wildman–Crippen MR) is 61.5 cm³/mol. The molecular formula is C12H15NO3. The van der Waals surface area contributed by atoms with Gasteiger partial charge in [0.2, 0.25) is 0 Å². The molecule has 0 aliphatic heterocycles. The van der Waals surface area contributed by atoms with Gasteiger partial charge in [-0.15, -0.1) is 0 Å². The summed E-state index contributed by atoms with van der Waals surface area (Å²) in [5, 5.41) is 10.2. The molecule has 4 nitrogen and oxygen atoms in total. The van der Waals surface area contributed by atoms with Crippen molar-refractivity contribution in [3.05, 3.63) is 30.0 Å². The van der Waals surface area contributed by atoms with E-state index < -0.39 is 6.10 Å². The fourth-order valence-corrected chi connectivity index (χ4v) is 1.54. The Balaban J connectivity index is 2.23. The number of ether oxygens (including phenoxy) is 1. The van der Waals surface area contributed by atoms with Crippen LogP contribution in [0.5, 0.6) is 5.75 Å². The van der Waals surface area contributed by atoms with E-state index in [9.17, 15) is 5.11 Å². The zero-order valence-electron chi connectivity index (χ0n) is 9.14. The van der Waals surface area contributed by atoms with Gasteiger partial charge < -0.3 is 20.0 Å². The highest BCUT2D eigenvalue weighted by Gasteiger charge is 2.08. The van der Waals surface area contributed by atoms with Crippen molar-refractivity contribution in [2.75, 3.05) is 13.2 Å². The Hall–Kier alpha value is -1.52. The summed E-state index contributed by atoms with van der Waals surface area (Å²) in [5.41, 5.74) is 6.09. The number of nitrogens with two attached hydrogens (primary N) is 1. The maximum Gasteiger partial charge on any atom is 0.137 e. The minimum atomic E-state index is -0.636. The number of aryl methyl sites for hydroxylation is 1. The van der Waals surface area contributed by atoms with Crippen molar-refractivity contribution in [1.82, 2.24) is 0 Å². The molecule has 0 spiro atoms. The molecule has 2 rings (SSSR count). The van der Waals surface area contributed by atoms with Crippen LogP contribution in [0.25, 0.3) is 11.0 Å². The summed E-state index contributed by atoms with van der Waals surface area (Å²) in [4.78, 5) is 0. The summed E-state index contributed by atoms with van der Waals surface area (Å²) in [6.45, 7) is 2.28. The lowest BCUT2D eigenvalue weighted by Gasteiger charge is -2.10. The third kappa shape index (κ3) is 2.18. The first-order valence-corrected chi connectivity index (χ1v) is 5.21. The van der Waals surface area contributed by atoms with Gasteiger partial charge in [0.05, 0.1) is 5.39 Å². The fraction of sp³-hybridized carbons (Fsp3) is 0.333. The van der Waals surface area contributed by atoms with Crippen LogP contribution >= 0.6 is 0 Å². The van der Waals surface area contributed by atoms with Crippen LogP contribution in [0.1, 0.15) is 5.76 Å². The van der Waals surface area contributed by atoms with E-state index in [-0.39, 0.29) is 13.2 Å². The van der Waals surface area contributed by atoms with Crippen molar-refractivity contribution < 1.29 is 14.3 Å². The highest BCUT2D eigenvalue weighted by atomic mass is 16.5. The predicted octanol–water partition coefficient (Wildman–Crippen LogP) is 1.44. The fourth-order valence-electron chi connectivity index (χ4n) is 1.54. The first-order chi connectivity index (χ1) is 7.70.